The zero-order valence-corrected chi connectivity index (χ0v) is 12.4. The van der Waals surface area contributed by atoms with E-state index in [2.05, 4.69) is 4.98 Å². The van der Waals surface area contributed by atoms with Crippen molar-refractivity contribution in [3.8, 4) is 0 Å². The summed E-state index contributed by atoms with van der Waals surface area (Å²) in [6.07, 6.45) is 1.66. The van der Waals surface area contributed by atoms with Crippen molar-refractivity contribution < 1.29 is 0 Å². The summed E-state index contributed by atoms with van der Waals surface area (Å²) >= 11 is 5.96. The molecule has 1 aromatic heterocycles. The van der Waals surface area contributed by atoms with Gasteiger partial charge in [0.05, 0.1) is 5.56 Å². The number of rotatable bonds is 4. The Morgan fingerprint density at radius 2 is 1.89 bits per heavy atom. The Morgan fingerprint density at radius 1 is 1.33 bits per heavy atom. The van der Waals surface area contributed by atoms with Crippen LogP contribution < -0.4 is 11.2 Å². The Bertz CT molecular complexity index is 541. The van der Waals surface area contributed by atoms with Crippen LogP contribution in [0.15, 0.2) is 9.59 Å². The quantitative estimate of drug-likeness (QED) is 0.857. The summed E-state index contributed by atoms with van der Waals surface area (Å²) in [7, 11) is 0. The maximum Gasteiger partial charge on any atom is 0.329 e. The third-order valence-electron chi connectivity index (χ3n) is 3.13. The number of halogens is 1. The molecule has 0 unspecified atom stereocenters. The van der Waals surface area contributed by atoms with E-state index >= 15 is 0 Å². The van der Waals surface area contributed by atoms with Crippen molar-refractivity contribution in [3.63, 3.8) is 0 Å². The Hall–Kier alpha value is -1.03. The highest BCUT2D eigenvalue weighted by atomic mass is 35.5. The van der Waals surface area contributed by atoms with E-state index in [4.69, 9.17) is 11.6 Å². The van der Waals surface area contributed by atoms with Gasteiger partial charge in [-0.15, -0.1) is 0 Å². The molecule has 102 valence electrons. The first-order valence-electron chi connectivity index (χ1n) is 6.27. The van der Waals surface area contributed by atoms with Crippen molar-refractivity contribution in [3.05, 3.63) is 31.6 Å². The summed E-state index contributed by atoms with van der Waals surface area (Å²) in [5.74, 6) is -0.0227. The molecule has 0 atom stereocenters. The number of H-pyrrole nitrogens is 1. The molecular formula is C13H21ClN2O2. The lowest BCUT2D eigenvalue weighted by Crippen LogP contribution is -2.47. The lowest BCUT2D eigenvalue weighted by atomic mass is 9.97. The topological polar surface area (TPSA) is 54.9 Å². The molecule has 0 aromatic carbocycles. The second-order valence-electron chi connectivity index (χ2n) is 5.52. The van der Waals surface area contributed by atoms with Gasteiger partial charge in [-0.25, -0.2) is 4.79 Å². The van der Waals surface area contributed by atoms with Gasteiger partial charge in [0.15, 0.2) is 0 Å². The van der Waals surface area contributed by atoms with Gasteiger partial charge in [0, 0.05) is 5.54 Å². The maximum absolute atomic E-state index is 12.4. The van der Waals surface area contributed by atoms with E-state index in [9.17, 15) is 9.59 Å². The van der Waals surface area contributed by atoms with Crippen molar-refractivity contribution in [2.24, 2.45) is 0 Å². The van der Waals surface area contributed by atoms with Gasteiger partial charge in [-0.05, 0) is 26.2 Å². The third kappa shape index (κ3) is 2.69. The van der Waals surface area contributed by atoms with Crippen LogP contribution in [0.2, 0.25) is 5.15 Å². The molecule has 1 aromatic rings. The van der Waals surface area contributed by atoms with E-state index in [1.165, 1.54) is 4.57 Å². The highest BCUT2D eigenvalue weighted by Gasteiger charge is 2.26. The number of hydrogen-bond acceptors (Lipinski definition) is 2. The SMILES string of the molecule is CCCC(C)(C)n1c(=O)[nH]c(Cl)c(C(C)C)c1=O. The molecule has 0 aliphatic heterocycles. The molecule has 0 spiro atoms. The molecule has 0 bridgehead atoms. The minimum atomic E-state index is -0.506. The number of hydrogen-bond donors (Lipinski definition) is 1. The molecule has 0 saturated heterocycles. The van der Waals surface area contributed by atoms with Gasteiger partial charge in [-0.1, -0.05) is 38.8 Å². The van der Waals surface area contributed by atoms with Gasteiger partial charge in [0.2, 0.25) is 0 Å². The lowest BCUT2D eigenvalue weighted by Gasteiger charge is -2.27. The first-order valence-corrected chi connectivity index (χ1v) is 6.65. The first-order chi connectivity index (χ1) is 8.22. The average Bonchev–Trinajstić information content (AvgIpc) is 2.14. The van der Waals surface area contributed by atoms with Crippen LogP contribution in [0.4, 0.5) is 0 Å². The second-order valence-corrected chi connectivity index (χ2v) is 5.89. The molecule has 0 saturated carbocycles. The van der Waals surface area contributed by atoms with E-state index in [0.29, 0.717) is 5.56 Å². The molecule has 0 radical (unpaired) electrons. The van der Waals surface area contributed by atoms with Crippen molar-refractivity contribution in [2.45, 2.75) is 58.9 Å². The summed E-state index contributed by atoms with van der Waals surface area (Å²) < 4.78 is 1.29. The van der Waals surface area contributed by atoms with E-state index in [-0.39, 0.29) is 16.6 Å². The number of nitrogens with zero attached hydrogens (tertiary/aromatic N) is 1. The normalized spacial score (nSPS) is 12.2. The van der Waals surface area contributed by atoms with Crippen LogP contribution in [0.1, 0.15) is 58.9 Å². The number of nitrogens with one attached hydrogen (secondary N) is 1. The number of aromatic nitrogens is 2. The molecule has 4 nitrogen and oxygen atoms in total. The average molecular weight is 273 g/mol. The highest BCUT2D eigenvalue weighted by molar-refractivity contribution is 6.30. The predicted molar refractivity (Wildman–Crippen MR) is 74.7 cm³/mol. The molecule has 0 aliphatic carbocycles. The van der Waals surface area contributed by atoms with Gasteiger partial charge in [0.1, 0.15) is 5.15 Å². The van der Waals surface area contributed by atoms with Gasteiger partial charge < -0.3 is 0 Å². The Balaban J connectivity index is 3.61. The summed E-state index contributed by atoms with van der Waals surface area (Å²) in [5.41, 5.74) is -0.751. The van der Waals surface area contributed by atoms with Crippen molar-refractivity contribution in [1.29, 1.82) is 0 Å². The van der Waals surface area contributed by atoms with Gasteiger partial charge in [-0.3, -0.25) is 14.3 Å². The fourth-order valence-electron chi connectivity index (χ4n) is 2.30. The molecule has 0 fully saturated rings. The van der Waals surface area contributed by atoms with Crippen molar-refractivity contribution in [1.82, 2.24) is 9.55 Å². The Morgan fingerprint density at radius 3 is 2.33 bits per heavy atom. The molecule has 1 rings (SSSR count). The second kappa shape index (κ2) is 5.31. The van der Waals surface area contributed by atoms with Crippen molar-refractivity contribution >= 4 is 11.6 Å². The molecule has 0 amide bonds. The molecular weight excluding hydrogens is 252 g/mol. The van der Waals surface area contributed by atoms with Crippen LogP contribution in [0.5, 0.6) is 0 Å². The summed E-state index contributed by atoms with van der Waals surface area (Å²) in [5, 5.41) is 0.156. The van der Waals surface area contributed by atoms with Crippen LogP contribution in [-0.4, -0.2) is 9.55 Å². The highest BCUT2D eigenvalue weighted by Crippen LogP contribution is 2.21. The lowest BCUT2D eigenvalue weighted by molar-refractivity contribution is 0.300. The molecule has 5 heteroatoms. The van der Waals surface area contributed by atoms with Crippen LogP contribution >= 0.6 is 11.6 Å². The van der Waals surface area contributed by atoms with Gasteiger partial charge >= 0.3 is 5.69 Å². The smallest absolute Gasteiger partial charge is 0.297 e. The fraction of sp³-hybridized carbons (Fsp3) is 0.692. The van der Waals surface area contributed by atoms with E-state index in [1.54, 1.807) is 0 Å². The molecule has 18 heavy (non-hydrogen) atoms. The Labute approximate surface area is 112 Å². The largest absolute Gasteiger partial charge is 0.329 e. The molecule has 1 heterocycles. The van der Waals surface area contributed by atoms with E-state index in [1.807, 2.05) is 34.6 Å². The summed E-state index contributed by atoms with van der Waals surface area (Å²) in [4.78, 5) is 27.0. The van der Waals surface area contributed by atoms with Crippen molar-refractivity contribution in [2.75, 3.05) is 0 Å². The predicted octanol–water partition coefficient (Wildman–Crippen LogP) is 2.85. The zero-order chi connectivity index (χ0) is 14.1. The maximum atomic E-state index is 12.4. The minimum Gasteiger partial charge on any atom is -0.297 e. The fourth-order valence-corrected chi connectivity index (χ4v) is 2.68. The molecule has 1 N–H and O–H groups in total. The monoisotopic (exact) mass is 272 g/mol. The third-order valence-corrected chi connectivity index (χ3v) is 3.43. The number of aromatic amines is 1. The van der Waals surface area contributed by atoms with Crippen LogP contribution in [0.3, 0.4) is 0 Å². The summed E-state index contributed by atoms with van der Waals surface area (Å²) in [6, 6.07) is 0. The Kier molecular flexibility index (Phi) is 4.43. The minimum absolute atomic E-state index is 0.0227. The van der Waals surface area contributed by atoms with Crippen LogP contribution in [-0.2, 0) is 5.54 Å². The first kappa shape index (κ1) is 15.0. The van der Waals surface area contributed by atoms with Gasteiger partial charge in [-0.2, -0.15) is 0 Å². The summed E-state index contributed by atoms with van der Waals surface area (Å²) in [6.45, 7) is 9.59. The van der Waals surface area contributed by atoms with Crippen LogP contribution in [0.25, 0.3) is 0 Å². The van der Waals surface area contributed by atoms with Gasteiger partial charge in [0.25, 0.3) is 5.56 Å². The van der Waals surface area contributed by atoms with Crippen LogP contribution in [0, 0.1) is 0 Å². The zero-order valence-electron chi connectivity index (χ0n) is 11.6. The standard InChI is InChI=1S/C13H21ClN2O2/c1-6-7-13(4,5)16-11(17)9(8(2)3)10(14)15-12(16)18/h8H,6-7H2,1-5H3,(H,15,18). The van der Waals surface area contributed by atoms with E-state index < -0.39 is 11.2 Å². The molecule has 0 aliphatic rings. The van der Waals surface area contributed by atoms with E-state index in [0.717, 1.165) is 12.8 Å².